The zero-order valence-corrected chi connectivity index (χ0v) is 17.2. The molecule has 0 bridgehead atoms. The van der Waals surface area contributed by atoms with E-state index >= 15 is 0 Å². The lowest BCUT2D eigenvalue weighted by Crippen LogP contribution is -2.32. The molecule has 1 fully saturated rings. The van der Waals surface area contributed by atoms with Crippen molar-refractivity contribution in [3.63, 3.8) is 0 Å². The summed E-state index contributed by atoms with van der Waals surface area (Å²) in [6.45, 7) is 1.92. The Bertz CT molecular complexity index is 898. The highest BCUT2D eigenvalue weighted by Crippen LogP contribution is 2.17. The van der Waals surface area contributed by atoms with Crippen molar-refractivity contribution >= 4 is 23.6 Å². The first kappa shape index (κ1) is 21.7. The number of carbonyl (C=O) groups excluding carboxylic acids is 1. The molecule has 0 saturated carbocycles. The number of carbonyl (C=O) groups is 1. The number of rotatable bonds is 9. The van der Waals surface area contributed by atoms with Gasteiger partial charge in [-0.2, -0.15) is 5.26 Å². The fourth-order valence-electron chi connectivity index (χ4n) is 2.93. The van der Waals surface area contributed by atoms with Crippen LogP contribution in [0, 0.1) is 11.3 Å². The van der Waals surface area contributed by atoms with E-state index in [1.807, 2.05) is 6.07 Å². The fraction of sp³-hybridized carbons (Fsp3) is 0.304. The zero-order valence-electron chi connectivity index (χ0n) is 16.5. The zero-order chi connectivity index (χ0) is 21.2. The molecule has 1 aliphatic rings. The van der Waals surface area contributed by atoms with Crippen molar-refractivity contribution in [2.45, 2.75) is 18.9 Å². The molecule has 0 aromatic heterocycles. The molecule has 1 saturated heterocycles. The van der Waals surface area contributed by atoms with E-state index in [1.165, 1.54) is 0 Å². The Balaban J connectivity index is 1.45. The van der Waals surface area contributed by atoms with E-state index in [4.69, 9.17) is 25.8 Å². The minimum absolute atomic E-state index is 0.0361. The summed E-state index contributed by atoms with van der Waals surface area (Å²) in [7, 11) is 0. The smallest absolute Gasteiger partial charge is 0.262 e. The Morgan fingerprint density at radius 2 is 1.77 bits per heavy atom. The lowest BCUT2D eigenvalue weighted by atomic mass is 10.1. The van der Waals surface area contributed by atoms with Crippen LogP contribution in [0.3, 0.4) is 0 Å². The molecule has 30 heavy (non-hydrogen) atoms. The number of hydrogen-bond donors (Lipinski definition) is 1. The quantitative estimate of drug-likeness (QED) is 0.372. The maximum absolute atomic E-state index is 12.2. The Kier molecular flexibility index (Phi) is 8.13. The van der Waals surface area contributed by atoms with Crippen LogP contribution in [0.25, 0.3) is 6.08 Å². The molecule has 1 aliphatic heterocycles. The Morgan fingerprint density at radius 3 is 2.33 bits per heavy atom. The van der Waals surface area contributed by atoms with E-state index in [1.54, 1.807) is 54.6 Å². The van der Waals surface area contributed by atoms with Gasteiger partial charge in [-0.05, 0) is 60.9 Å². The molecule has 0 spiro atoms. The molecule has 7 heteroatoms. The van der Waals surface area contributed by atoms with Gasteiger partial charge >= 0.3 is 0 Å². The van der Waals surface area contributed by atoms with E-state index in [0.29, 0.717) is 30.5 Å². The maximum Gasteiger partial charge on any atom is 0.262 e. The third-order valence-corrected chi connectivity index (χ3v) is 4.76. The molecular weight excluding hydrogens is 404 g/mol. The van der Waals surface area contributed by atoms with E-state index in [9.17, 15) is 10.1 Å². The van der Waals surface area contributed by atoms with Crippen LogP contribution in [0.1, 0.15) is 18.4 Å². The van der Waals surface area contributed by atoms with Gasteiger partial charge in [0.1, 0.15) is 36.4 Å². The van der Waals surface area contributed by atoms with Gasteiger partial charge in [-0.25, -0.2) is 0 Å². The Labute approximate surface area is 181 Å². The number of amides is 1. The summed E-state index contributed by atoms with van der Waals surface area (Å²) in [5.74, 6) is 1.01. The molecule has 2 aromatic rings. The predicted octanol–water partition coefficient (Wildman–Crippen LogP) is 4.00. The van der Waals surface area contributed by atoms with Crippen LogP contribution >= 0.6 is 11.6 Å². The average Bonchev–Trinajstić information content (AvgIpc) is 3.29. The summed E-state index contributed by atoms with van der Waals surface area (Å²) in [4.78, 5) is 12.2. The van der Waals surface area contributed by atoms with Gasteiger partial charge in [-0.3, -0.25) is 4.79 Å². The maximum atomic E-state index is 12.2. The van der Waals surface area contributed by atoms with Crippen molar-refractivity contribution in [2.24, 2.45) is 0 Å². The van der Waals surface area contributed by atoms with Crippen molar-refractivity contribution in [1.82, 2.24) is 5.32 Å². The summed E-state index contributed by atoms with van der Waals surface area (Å²) in [6, 6.07) is 16.2. The van der Waals surface area contributed by atoms with Gasteiger partial charge in [-0.1, -0.05) is 23.7 Å². The summed E-state index contributed by atoms with van der Waals surface area (Å²) in [6.07, 6.45) is 3.52. The van der Waals surface area contributed by atoms with Crippen LogP contribution in [-0.2, 0) is 9.53 Å². The molecule has 0 aliphatic carbocycles. The lowest BCUT2D eigenvalue weighted by Gasteiger charge is -2.10. The number of halogens is 1. The van der Waals surface area contributed by atoms with Crippen LogP contribution in [0.5, 0.6) is 11.5 Å². The van der Waals surface area contributed by atoms with Gasteiger partial charge in [0.15, 0.2) is 0 Å². The topological polar surface area (TPSA) is 80.6 Å². The molecule has 1 amide bonds. The van der Waals surface area contributed by atoms with Gasteiger partial charge < -0.3 is 19.5 Å². The SMILES string of the molecule is N#C/C(=C\c1ccc(OCCOc2ccc(Cl)cc2)cc1)C(=O)NC[C@H]1CCCO1. The predicted molar refractivity (Wildman–Crippen MR) is 114 cm³/mol. The monoisotopic (exact) mass is 426 g/mol. The van der Waals surface area contributed by atoms with Gasteiger partial charge in [0, 0.05) is 18.2 Å². The normalized spacial score (nSPS) is 16.0. The first-order valence-electron chi connectivity index (χ1n) is 9.77. The molecule has 1 N–H and O–H groups in total. The molecule has 6 nitrogen and oxygen atoms in total. The summed E-state index contributed by atoms with van der Waals surface area (Å²) >= 11 is 5.84. The van der Waals surface area contributed by atoms with Gasteiger partial charge in [0.2, 0.25) is 0 Å². The fourth-order valence-corrected chi connectivity index (χ4v) is 3.06. The molecule has 1 atom stereocenters. The van der Waals surface area contributed by atoms with Crippen molar-refractivity contribution in [3.8, 4) is 17.6 Å². The first-order valence-corrected chi connectivity index (χ1v) is 10.1. The molecule has 0 radical (unpaired) electrons. The number of ether oxygens (including phenoxy) is 3. The third-order valence-electron chi connectivity index (χ3n) is 4.50. The van der Waals surface area contributed by atoms with Crippen molar-refractivity contribution in [1.29, 1.82) is 5.26 Å². The number of hydrogen-bond acceptors (Lipinski definition) is 5. The van der Waals surface area contributed by atoms with Crippen LogP contribution in [0.15, 0.2) is 54.1 Å². The van der Waals surface area contributed by atoms with E-state index in [-0.39, 0.29) is 11.7 Å². The Morgan fingerprint density at radius 1 is 1.13 bits per heavy atom. The van der Waals surface area contributed by atoms with Gasteiger partial charge in [-0.15, -0.1) is 0 Å². The molecule has 2 aromatic carbocycles. The van der Waals surface area contributed by atoms with Gasteiger partial charge in [0.25, 0.3) is 5.91 Å². The molecule has 0 unspecified atom stereocenters. The molecule has 156 valence electrons. The van der Waals surface area contributed by atoms with Crippen molar-refractivity contribution < 1.29 is 19.0 Å². The minimum Gasteiger partial charge on any atom is -0.490 e. The molecule has 3 rings (SSSR count). The number of nitriles is 1. The number of benzene rings is 2. The number of nitrogens with zero attached hydrogens (tertiary/aromatic N) is 1. The molecular formula is C23H23ClN2O4. The minimum atomic E-state index is -0.396. The van der Waals surface area contributed by atoms with Gasteiger partial charge in [0.05, 0.1) is 6.10 Å². The second-order valence-electron chi connectivity index (χ2n) is 6.73. The second kappa shape index (κ2) is 11.2. The molecule has 1 heterocycles. The van der Waals surface area contributed by atoms with Crippen LogP contribution in [0.2, 0.25) is 5.02 Å². The average molecular weight is 427 g/mol. The van der Waals surface area contributed by atoms with Crippen LogP contribution in [0.4, 0.5) is 0 Å². The van der Waals surface area contributed by atoms with Crippen molar-refractivity contribution in [3.05, 3.63) is 64.7 Å². The highest BCUT2D eigenvalue weighted by atomic mass is 35.5. The summed E-state index contributed by atoms with van der Waals surface area (Å²) in [5, 5.41) is 12.7. The second-order valence-corrected chi connectivity index (χ2v) is 7.17. The lowest BCUT2D eigenvalue weighted by molar-refractivity contribution is -0.117. The summed E-state index contributed by atoms with van der Waals surface area (Å²) < 4.78 is 16.7. The van der Waals surface area contributed by atoms with E-state index < -0.39 is 5.91 Å². The largest absolute Gasteiger partial charge is 0.490 e. The van der Waals surface area contributed by atoms with Crippen LogP contribution < -0.4 is 14.8 Å². The number of nitrogens with one attached hydrogen (secondary N) is 1. The van der Waals surface area contributed by atoms with Crippen molar-refractivity contribution in [2.75, 3.05) is 26.4 Å². The highest BCUT2D eigenvalue weighted by molar-refractivity contribution is 6.30. The van der Waals surface area contributed by atoms with E-state index in [2.05, 4.69) is 5.32 Å². The third kappa shape index (κ3) is 6.80. The van der Waals surface area contributed by atoms with Crippen LogP contribution in [-0.4, -0.2) is 38.4 Å². The standard InChI is InChI=1S/C23H23ClN2O4/c24-19-5-9-21(10-6-19)30-13-12-29-20-7-3-17(4-8-20)14-18(15-25)23(27)26-16-22-2-1-11-28-22/h3-10,14,22H,1-2,11-13,16H2,(H,26,27)/b18-14+/t22-/m1/s1. The Hall–Kier alpha value is -3.01. The van der Waals surface area contributed by atoms with E-state index in [0.717, 1.165) is 30.8 Å². The first-order chi connectivity index (χ1) is 14.6. The summed E-state index contributed by atoms with van der Waals surface area (Å²) in [5.41, 5.74) is 0.793. The highest BCUT2D eigenvalue weighted by Gasteiger charge is 2.17.